The van der Waals surface area contributed by atoms with Gasteiger partial charge in [0.1, 0.15) is 15.5 Å². The van der Waals surface area contributed by atoms with Gasteiger partial charge in [-0.05, 0) is 12.8 Å². The summed E-state index contributed by atoms with van der Waals surface area (Å²) in [6.07, 6.45) is 6.78. The van der Waals surface area contributed by atoms with Gasteiger partial charge in [0.25, 0.3) is 0 Å². The van der Waals surface area contributed by atoms with Crippen LogP contribution in [0.3, 0.4) is 0 Å². The van der Waals surface area contributed by atoms with Gasteiger partial charge in [-0.3, -0.25) is 0 Å². The van der Waals surface area contributed by atoms with Crippen LogP contribution in [0.5, 0.6) is 0 Å². The van der Waals surface area contributed by atoms with Crippen molar-refractivity contribution in [3.8, 4) is 0 Å². The second-order valence-corrected chi connectivity index (χ2v) is 5.12. The van der Waals surface area contributed by atoms with E-state index >= 15 is 0 Å². The van der Waals surface area contributed by atoms with Crippen molar-refractivity contribution in [1.82, 2.24) is 4.98 Å². The first-order valence-corrected chi connectivity index (χ1v) is 6.24. The normalized spacial score (nSPS) is 19.6. The maximum absolute atomic E-state index is 10.8. The molecule has 0 saturated heterocycles. The molecule has 0 aromatic carbocycles. The number of nitrogens with zero attached hydrogens (tertiary/aromatic N) is 1. The maximum Gasteiger partial charge on any atom is 0.347 e. The van der Waals surface area contributed by atoms with Gasteiger partial charge in [-0.25, -0.2) is 9.78 Å². The van der Waals surface area contributed by atoms with Crippen molar-refractivity contribution in [1.29, 1.82) is 0 Å². The van der Waals surface area contributed by atoms with Gasteiger partial charge in [0.2, 0.25) is 0 Å². The van der Waals surface area contributed by atoms with Crippen molar-refractivity contribution in [2.45, 2.75) is 37.7 Å². The highest BCUT2D eigenvalue weighted by Gasteiger charge is 2.37. The van der Waals surface area contributed by atoms with Crippen LogP contribution in [-0.4, -0.2) is 23.2 Å². The Morgan fingerprint density at radius 2 is 2.19 bits per heavy atom. The van der Waals surface area contributed by atoms with Crippen molar-refractivity contribution < 1.29 is 14.6 Å². The Labute approximate surface area is 98.3 Å². The average Bonchev–Trinajstić information content (AvgIpc) is 2.80. The summed E-state index contributed by atoms with van der Waals surface area (Å²) < 4.78 is 5.61. The highest BCUT2D eigenvalue weighted by Crippen LogP contribution is 2.41. The monoisotopic (exact) mass is 241 g/mol. The molecule has 5 heteroatoms. The van der Waals surface area contributed by atoms with Crippen molar-refractivity contribution in [3.63, 3.8) is 0 Å². The second-order valence-electron chi connectivity index (χ2n) is 4.09. The molecule has 16 heavy (non-hydrogen) atoms. The summed E-state index contributed by atoms with van der Waals surface area (Å²) in [5.74, 6) is -0.911. The van der Waals surface area contributed by atoms with Crippen molar-refractivity contribution >= 4 is 17.3 Å². The number of hydrogen-bond donors (Lipinski definition) is 1. The smallest absolute Gasteiger partial charge is 0.347 e. The Morgan fingerprint density at radius 3 is 2.69 bits per heavy atom. The van der Waals surface area contributed by atoms with Crippen LogP contribution in [0.25, 0.3) is 0 Å². The van der Waals surface area contributed by atoms with Crippen molar-refractivity contribution in [3.05, 3.63) is 16.1 Å². The Balaban J connectivity index is 2.28. The van der Waals surface area contributed by atoms with Gasteiger partial charge in [0.15, 0.2) is 0 Å². The largest absolute Gasteiger partial charge is 0.477 e. The van der Waals surface area contributed by atoms with Gasteiger partial charge in [-0.1, -0.05) is 19.3 Å². The maximum atomic E-state index is 10.8. The molecule has 1 saturated carbocycles. The van der Waals surface area contributed by atoms with E-state index in [1.54, 1.807) is 7.11 Å². The molecule has 1 N–H and O–H groups in total. The first-order chi connectivity index (χ1) is 7.68. The van der Waals surface area contributed by atoms with Gasteiger partial charge in [-0.15, -0.1) is 11.3 Å². The Bertz CT molecular complexity index is 382. The molecule has 0 atom stereocenters. The molecule has 1 aliphatic carbocycles. The van der Waals surface area contributed by atoms with Gasteiger partial charge < -0.3 is 9.84 Å². The number of carbonyl (C=O) groups is 1. The summed E-state index contributed by atoms with van der Waals surface area (Å²) in [5, 5.41) is 9.69. The lowest BCUT2D eigenvalue weighted by atomic mass is 9.85. The number of hydrogen-bond acceptors (Lipinski definition) is 4. The van der Waals surface area contributed by atoms with E-state index in [1.165, 1.54) is 24.0 Å². The van der Waals surface area contributed by atoms with Crippen LogP contribution in [0.4, 0.5) is 0 Å². The predicted molar refractivity (Wildman–Crippen MR) is 60.8 cm³/mol. The molecule has 1 heterocycles. The van der Waals surface area contributed by atoms with E-state index < -0.39 is 5.97 Å². The average molecular weight is 241 g/mol. The summed E-state index contributed by atoms with van der Waals surface area (Å²) in [6, 6.07) is 0. The molecule has 1 aliphatic rings. The molecule has 0 radical (unpaired) electrons. The lowest BCUT2D eigenvalue weighted by Crippen LogP contribution is -2.30. The first kappa shape index (κ1) is 11.5. The molecule has 88 valence electrons. The van der Waals surface area contributed by atoms with Crippen LogP contribution < -0.4 is 0 Å². The van der Waals surface area contributed by atoms with Crippen LogP contribution in [0.2, 0.25) is 0 Å². The van der Waals surface area contributed by atoms with Crippen LogP contribution in [0, 0.1) is 0 Å². The SMILES string of the molecule is COC1(c2ncc(C(=O)O)s2)CCCCC1. The highest BCUT2D eigenvalue weighted by atomic mass is 32.1. The van der Waals surface area contributed by atoms with Crippen molar-refractivity contribution in [2.24, 2.45) is 0 Å². The Hall–Kier alpha value is -0.940. The minimum Gasteiger partial charge on any atom is -0.477 e. The fourth-order valence-corrected chi connectivity index (χ4v) is 3.19. The lowest BCUT2D eigenvalue weighted by molar-refractivity contribution is -0.0446. The minimum atomic E-state index is -0.911. The Morgan fingerprint density at radius 1 is 1.50 bits per heavy atom. The molecule has 2 rings (SSSR count). The molecule has 1 fully saturated rings. The third-order valence-corrected chi connectivity index (χ3v) is 4.33. The standard InChI is InChI=1S/C11H15NO3S/c1-15-11(5-3-2-4-6-11)10-12-7-8(16-10)9(13)14/h7H,2-6H2,1H3,(H,13,14). The molecule has 0 amide bonds. The minimum absolute atomic E-state index is 0.289. The van der Waals surface area contributed by atoms with E-state index in [9.17, 15) is 4.79 Å². The van der Waals surface area contributed by atoms with E-state index in [0.29, 0.717) is 0 Å². The predicted octanol–water partition coefficient (Wildman–Crippen LogP) is 2.65. The van der Waals surface area contributed by atoms with Gasteiger partial charge >= 0.3 is 5.97 Å². The van der Waals surface area contributed by atoms with E-state index in [4.69, 9.17) is 9.84 Å². The van der Waals surface area contributed by atoms with E-state index in [1.807, 2.05) is 0 Å². The summed E-state index contributed by atoms with van der Waals surface area (Å²) in [6.45, 7) is 0. The van der Waals surface area contributed by atoms with Gasteiger partial charge in [0, 0.05) is 7.11 Å². The van der Waals surface area contributed by atoms with E-state index in [-0.39, 0.29) is 10.5 Å². The first-order valence-electron chi connectivity index (χ1n) is 5.43. The quantitative estimate of drug-likeness (QED) is 0.883. The Kier molecular flexibility index (Phi) is 3.25. The third-order valence-electron chi connectivity index (χ3n) is 3.16. The zero-order valence-electron chi connectivity index (χ0n) is 9.23. The molecule has 0 aliphatic heterocycles. The molecule has 1 aromatic rings. The topological polar surface area (TPSA) is 59.4 Å². The van der Waals surface area contributed by atoms with E-state index in [0.717, 1.165) is 30.7 Å². The second kappa shape index (κ2) is 4.51. The number of carboxylic acid groups (broad SMARTS) is 1. The molecular weight excluding hydrogens is 226 g/mol. The van der Waals surface area contributed by atoms with Crippen molar-refractivity contribution in [2.75, 3.05) is 7.11 Å². The van der Waals surface area contributed by atoms with Crippen LogP contribution in [0.1, 0.15) is 46.8 Å². The molecule has 1 aromatic heterocycles. The molecule has 0 unspecified atom stereocenters. The molecule has 0 spiro atoms. The number of methoxy groups -OCH3 is 1. The fourth-order valence-electron chi connectivity index (χ4n) is 2.21. The lowest BCUT2D eigenvalue weighted by Gasteiger charge is -2.33. The number of rotatable bonds is 3. The molecule has 4 nitrogen and oxygen atoms in total. The fraction of sp³-hybridized carbons (Fsp3) is 0.636. The summed E-state index contributed by atoms with van der Waals surface area (Å²) in [5.41, 5.74) is -0.337. The summed E-state index contributed by atoms with van der Waals surface area (Å²) in [7, 11) is 1.69. The van der Waals surface area contributed by atoms with E-state index in [2.05, 4.69) is 4.98 Å². The van der Waals surface area contributed by atoms with Gasteiger partial charge in [-0.2, -0.15) is 0 Å². The number of aromatic carboxylic acids is 1. The van der Waals surface area contributed by atoms with Crippen LogP contribution in [-0.2, 0) is 10.3 Å². The highest BCUT2D eigenvalue weighted by molar-refractivity contribution is 7.13. The third kappa shape index (κ3) is 1.97. The molecule has 0 bridgehead atoms. The number of thiazole rings is 1. The van der Waals surface area contributed by atoms with Crippen LogP contribution >= 0.6 is 11.3 Å². The number of aromatic nitrogens is 1. The number of ether oxygens (including phenoxy) is 1. The zero-order chi connectivity index (χ0) is 11.6. The molecular formula is C11H15NO3S. The summed E-state index contributed by atoms with van der Waals surface area (Å²) in [4.78, 5) is 15.3. The van der Waals surface area contributed by atoms with Crippen LogP contribution in [0.15, 0.2) is 6.20 Å². The summed E-state index contributed by atoms with van der Waals surface area (Å²) >= 11 is 1.24. The zero-order valence-corrected chi connectivity index (χ0v) is 10.0. The van der Waals surface area contributed by atoms with Gasteiger partial charge in [0.05, 0.1) is 6.20 Å². The number of carboxylic acids is 1.